The van der Waals surface area contributed by atoms with Gasteiger partial charge in [-0.15, -0.1) is 0 Å². The van der Waals surface area contributed by atoms with Gasteiger partial charge in [-0.2, -0.15) is 0 Å². The normalized spacial score (nSPS) is 43.8. The fourth-order valence-corrected chi connectivity index (χ4v) is 4.93. The van der Waals surface area contributed by atoms with Gasteiger partial charge in [-0.3, -0.25) is 4.79 Å². The molecule has 0 amide bonds. The van der Waals surface area contributed by atoms with Crippen LogP contribution >= 0.6 is 0 Å². The van der Waals surface area contributed by atoms with Crippen molar-refractivity contribution in [3.05, 3.63) is 0 Å². The van der Waals surface area contributed by atoms with Crippen LogP contribution < -0.4 is 0 Å². The lowest BCUT2D eigenvalue weighted by Gasteiger charge is -2.42. The van der Waals surface area contributed by atoms with Crippen LogP contribution in [0.3, 0.4) is 0 Å². The molecule has 3 rings (SSSR count). The van der Waals surface area contributed by atoms with Crippen LogP contribution in [0.25, 0.3) is 0 Å². The van der Waals surface area contributed by atoms with Gasteiger partial charge in [0, 0.05) is 0 Å². The number of aliphatic carboxylic acids is 1. The van der Waals surface area contributed by atoms with Crippen LogP contribution in [0.5, 0.6) is 0 Å². The Labute approximate surface area is 97.4 Å². The first-order valence-electron chi connectivity index (χ1n) is 6.97. The zero-order valence-electron chi connectivity index (χ0n) is 9.95. The van der Waals surface area contributed by atoms with Crippen LogP contribution in [0.1, 0.15) is 57.8 Å². The minimum absolute atomic E-state index is 0.302. The maximum atomic E-state index is 11.8. The molecular formula is C14H22O2. The Balaban J connectivity index is 1.88. The largest absolute Gasteiger partial charge is 0.481 e. The Morgan fingerprint density at radius 1 is 1.00 bits per heavy atom. The molecule has 1 N–H and O–H groups in total. The molecule has 0 aromatic rings. The quantitative estimate of drug-likeness (QED) is 0.777. The highest BCUT2D eigenvalue weighted by atomic mass is 16.4. The third-order valence-corrected chi connectivity index (χ3v) is 5.63. The van der Waals surface area contributed by atoms with Crippen molar-refractivity contribution in [2.75, 3.05) is 0 Å². The summed E-state index contributed by atoms with van der Waals surface area (Å²) in [5, 5.41) is 9.74. The van der Waals surface area contributed by atoms with Crippen molar-refractivity contribution in [1.29, 1.82) is 0 Å². The van der Waals surface area contributed by atoms with Gasteiger partial charge in [-0.05, 0) is 49.9 Å². The smallest absolute Gasteiger partial charge is 0.310 e. The molecule has 0 radical (unpaired) electrons. The number of carbonyl (C=O) groups is 1. The maximum absolute atomic E-state index is 11.8. The van der Waals surface area contributed by atoms with E-state index in [-0.39, 0.29) is 5.41 Å². The molecule has 0 aromatic heterocycles. The van der Waals surface area contributed by atoms with E-state index >= 15 is 0 Å². The van der Waals surface area contributed by atoms with Gasteiger partial charge in [0.1, 0.15) is 0 Å². The van der Waals surface area contributed by atoms with Crippen molar-refractivity contribution < 1.29 is 9.90 Å². The highest BCUT2D eigenvalue weighted by molar-refractivity contribution is 5.76. The van der Waals surface area contributed by atoms with Gasteiger partial charge in [0.2, 0.25) is 0 Å². The molecule has 2 bridgehead atoms. The molecule has 0 spiro atoms. The van der Waals surface area contributed by atoms with E-state index in [1.54, 1.807) is 0 Å². The number of carboxylic acids is 1. The number of carboxylic acid groups (broad SMARTS) is 1. The highest BCUT2D eigenvalue weighted by Crippen LogP contribution is 2.61. The third kappa shape index (κ3) is 1.34. The van der Waals surface area contributed by atoms with Crippen LogP contribution in [-0.2, 0) is 4.79 Å². The van der Waals surface area contributed by atoms with Crippen molar-refractivity contribution in [3.8, 4) is 0 Å². The first-order valence-corrected chi connectivity index (χ1v) is 6.97. The first-order chi connectivity index (χ1) is 7.73. The summed E-state index contributed by atoms with van der Waals surface area (Å²) in [6.45, 7) is 0. The van der Waals surface area contributed by atoms with Crippen LogP contribution in [0.2, 0.25) is 0 Å². The Bertz CT molecular complexity index is 293. The number of rotatable bonds is 2. The molecular weight excluding hydrogens is 200 g/mol. The number of hydrogen-bond donors (Lipinski definition) is 1. The maximum Gasteiger partial charge on any atom is 0.310 e. The summed E-state index contributed by atoms with van der Waals surface area (Å²) in [5.74, 6) is 1.28. The van der Waals surface area contributed by atoms with Crippen molar-refractivity contribution in [1.82, 2.24) is 0 Å². The second-order valence-corrected chi connectivity index (χ2v) is 6.26. The van der Waals surface area contributed by atoms with Gasteiger partial charge in [0.15, 0.2) is 0 Å². The van der Waals surface area contributed by atoms with Crippen molar-refractivity contribution in [2.24, 2.45) is 23.2 Å². The van der Waals surface area contributed by atoms with Gasteiger partial charge in [0.25, 0.3) is 0 Å². The predicted octanol–water partition coefficient (Wildman–Crippen LogP) is 3.46. The van der Waals surface area contributed by atoms with Gasteiger partial charge in [-0.1, -0.05) is 25.7 Å². The topological polar surface area (TPSA) is 37.3 Å². The Morgan fingerprint density at radius 3 is 2.25 bits per heavy atom. The number of fused-ring (bicyclic) bond motifs is 2. The lowest BCUT2D eigenvalue weighted by Crippen LogP contribution is -2.44. The van der Waals surface area contributed by atoms with Gasteiger partial charge in [-0.25, -0.2) is 0 Å². The lowest BCUT2D eigenvalue weighted by molar-refractivity contribution is -0.158. The molecule has 0 aromatic carbocycles. The lowest BCUT2D eigenvalue weighted by atomic mass is 9.61. The van der Waals surface area contributed by atoms with Crippen molar-refractivity contribution in [2.45, 2.75) is 57.8 Å². The molecule has 0 aliphatic heterocycles. The molecule has 0 heterocycles. The van der Waals surface area contributed by atoms with Crippen LogP contribution in [0, 0.1) is 23.2 Å². The van der Waals surface area contributed by atoms with E-state index < -0.39 is 5.97 Å². The summed E-state index contributed by atoms with van der Waals surface area (Å²) in [5.41, 5.74) is -0.302. The van der Waals surface area contributed by atoms with E-state index in [1.165, 1.54) is 51.4 Å². The summed E-state index contributed by atoms with van der Waals surface area (Å²) in [6.07, 6.45) is 10.9. The molecule has 3 unspecified atom stereocenters. The Hall–Kier alpha value is -0.530. The van der Waals surface area contributed by atoms with Crippen molar-refractivity contribution in [3.63, 3.8) is 0 Å². The molecule has 3 saturated carbocycles. The number of hydrogen-bond acceptors (Lipinski definition) is 1. The second-order valence-electron chi connectivity index (χ2n) is 6.26. The monoisotopic (exact) mass is 222 g/mol. The summed E-state index contributed by atoms with van der Waals surface area (Å²) in [6, 6.07) is 0. The molecule has 3 fully saturated rings. The summed E-state index contributed by atoms with van der Waals surface area (Å²) in [4.78, 5) is 11.8. The van der Waals surface area contributed by atoms with Gasteiger partial charge < -0.3 is 5.11 Å². The van der Waals surface area contributed by atoms with Crippen LogP contribution in [0.15, 0.2) is 0 Å². The van der Waals surface area contributed by atoms with Gasteiger partial charge >= 0.3 is 5.97 Å². The molecule has 2 heteroatoms. The van der Waals surface area contributed by atoms with Crippen molar-refractivity contribution >= 4 is 5.97 Å². The fourth-order valence-electron chi connectivity index (χ4n) is 4.93. The van der Waals surface area contributed by atoms with E-state index in [9.17, 15) is 9.90 Å². The fraction of sp³-hybridized carbons (Fsp3) is 0.929. The molecule has 2 nitrogen and oxygen atoms in total. The minimum Gasteiger partial charge on any atom is -0.481 e. The van der Waals surface area contributed by atoms with E-state index in [0.29, 0.717) is 11.8 Å². The average molecular weight is 222 g/mol. The van der Waals surface area contributed by atoms with E-state index in [1.807, 2.05) is 0 Å². The molecule has 3 aliphatic carbocycles. The molecule has 16 heavy (non-hydrogen) atoms. The van der Waals surface area contributed by atoms with Crippen LogP contribution in [0.4, 0.5) is 0 Å². The summed E-state index contributed by atoms with van der Waals surface area (Å²) >= 11 is 0. The molecule has 3 atom stereocenters. The third-order valence-electron chi connectivity index (χ3n) is 5.63. The van der Waals surface area contributed by atoms with Gasteiger partial charge in [0.05, 0.1) is 5.41 Å². The second kappa shape index (κ2) is 3.75. The first kappa shape index (κ1) is 10.6. The van der Waals surface area contributed by atoms with E-state index in [4.69, 9.17) is 0 Å². The van der Waals surface area contributed by atoms with E-state index in [0.717, 1.165) is 12.3 Å². The average Bonchev–Trinajstić information content (AvgIpc) is 2.90. The summed E-state index contributed by atoms with van der Waals surface area (Å²) in [7, 11) is 0. The molecule has 90 valence electrons. The highest BCUT2D eigenvalue weighted by Gasteiger charge is 2.59. The Morgan fingerprint density at radius 2 is 1.75 bits per heavy atom. The SMILES string of the molecule is O=C(O)C1(C2CCCCC2)CC2CCC1C2. The minimum atomic E-state index is -0.466. The predicted molar refractivity (Wildman–Crippen MR) is 62.1 cm³/mol. The molecule has 3 aliphatic rings. The zero-order chi connectivity index (χ0) is 11.2. The standard InChI is InChI=1S/C14H22O2/c15-13(16)14(11-4-2-1-3-5-11)9-10-6-7-12(14)8-10/h10-12H,1-9H2,(H,15,16). The summed E-state index contributed by atoms with van der Waals surface area (Å²) < 4.78 is 0. The van der Waals surface area contributed by atoms with Crippen LogP contribution in [-0.4, -0.2) is 11.1 Å². The Kier molecular flexibility index (Phi) is 2.49. The van der Waals surface area contributed by atoms with E-state index in [2.05, 4.69) is 0 Å². The zero-order valence-corrected chi connectivity index (χ0v) is 9.95. The molecule has 0 saturated heterocycles.